The number of hydrogen-bond donors (Lipinski definition) is 1. The van der Waals surface area contributed by atoms with E-state index in [9.17, 15) is 0 Å². The van der Waals surface area contributed by atoms with E-state index < -0.39 is 0 Å². The van der Waals surface area contributed by atoms with E-state index in [2.05, 4.69) is 24.1 Å². The molecule has 0 bridgehead atoms. The number of aromatic nitrogens is 1. The van der Waals surface area contributed by atoms with Gasteiger partial charge in [0, 0.05) is 24.8 Å². The maximum atomic E-state index is 5.60. The molecule has 0 unspecified atom stereocenters. The number of pyridine rings is 1. The molecule has 0 saturated heterocycles. The fraction of sp³-hybridized carbons (Fsp3) is 0.667. The minimum atomic E-state index is -0.125. The molecule has 1 rings (SSSR count). The summed E-state index contributed by atoms with van der Waals surface area (Å²) in [5.41, 5.74) is 1.05. The fourth-order valence-electron chi connectivity index (χ4n) is 1.46. The van der Waals surface area contributed by atoms with Gasteiger partial charge in [-0.2, -0.15) is 0 Å². The van der Waals surface area contributed by atoms with Crippen LogP contribution in [0.5, 0.6) is 5.88 Å². The molecule has 0 aliphatic carbocycles. The van der Waals surface area contributed by atoms with Crippen LogP contribution in [0, 0.1) is 0 Å². The lowest BCUT2D eigenvalue weighted by Gasteiger charge is -2.19. The molecule has 0 atom stereocenters. The van der Waals surface area contributed by atoms with Crippen LogP contribution in [0.1, 0.15) is 40.2 Å². The van der Waals surface area contributed by atoms with Crippen molar-refractivity contribution in [3.63, 3.8) is 0 Å². The molecule has 0 aliphatic heterocycles. The lowest BCUT2D eigenvalue weighted by Crippen LogP contribution is -2.23. The van der Waals surface area contributed by atoms with Crippen molar-refractivity contribution in [3.05, 3.63) is 23.9 Å². The molecule has 0 radical (unpaired) electrons. The van der Waals surface area contributed by atoms with Gasteiger partial charge in [-0.15, -0.1) is 0 Å². The van der Waals surface area contributed by atoms with E-state index in [0.29, 0.717) is 25.1 Å². The number of rotatable bonds is 7. The van der Waals surface area contributed by atoms with Crippen LogP contribution in [-0.4, -0.2) is 29.8 Å². The summed E-state index contributed by atoms with van der Waals surface area (Å²) in [5, 5.41) is 3.37. The third-order valence-electron chi connectivity index (χ3n) is 2.38. The van der Waals surface area contributed by atoms with E-state index in [0.717, 1.165) is 6.54 Å². The van der Waals surface area contributed by atoms with Gasteiger partial charge in [0.1, 0.15) is 6.61 Å². The molecule has 4 heteroatoms. The monoisotopic (exact) mass is 266 g/mol. The highest BCUT2D eigenvalue weighted by atomic mass is 16.5. The summed E-state index contributed by atoms with van der Waals surface area (Å²) in [6.45, 7) is 12.3. The van der Waals surface area contributed by atoms with Crippen LogP contribution in [0.25, 0.3) is 0 Å². The zero-order valence-electron chi connectivity index (χ0n) is 12.7. The normalized spacial score (nSPS) is 11.9. The van der Waals surface area contributed by atoms with Crippen molar-refractivity contribution < 1.29 is 9.47 Å². The largest absolute Gasteiger partial charge is 0.475 e. The third-order valence-corrected chi connectivity index (χ3v) is 2.38. The SMILES string of the molecule is CC(C)NCc1ccnc(OCCOC(C)(C)C)c1. The molecule has 0 amide bonds. The van der Waals surface area contributed by atoms with Crippen molar-refractivity contribution in [3.8, 4) is 5.88 Å². The summed E-state index contributed by atoms with van der Waals surface area (Å²) >= 11 is 0. The third kappa shape index (κ3) is 7.80. The standard InChI is InChI=1S/C15H26N2O2/c1-12(2)17-11-13-6-7-16-14(10-13)18-8-9-19-15(3,4)5/h6-7,10,12,17H,8-9,11H2,1-5H3. The van der Waals surface area contributed by atoms with Crippen molar-refractivity contribution in [2.45, 2.75) is 52.8 Å². The van der Waals surface area contributed by atoms with Gasteiger partial charge in [-0.1, -0.05) is 13.8 Å². The number of nitrogens with zero attached hydrogens (tertiary/aromatic N) is 1. The Hall–Kier alpha value is -1.13. The van der Waals surface area contributed by atoms with E-state index in [4.69, 9.17) is 9.47 Å². The van der Waals surface area contributed by atoms with Crippen LogP contribution in [0.2, 0.25) is 0 Å². The topological polar surface area (TPSA) is 43.4 Å². The zero-order valence-corrected chi connectivity index (χ0v) is 12.7. The summed E-state index contributed by atoms with van der Waals surface area (Å²) in [6, 6.07) is 4.43. The van der Waals surface area contributed by atoms with Crippen LogP contribution in [0.15, 0.2) is 18.3 Å². The van der Waals surface area contributed by atoms with Gasteiger partial charge in [-0.25, -0.2) is 4.98 Å². The van der Waals surface area contributed by atoms with Crippen LogP contribution in [0.3, 0.4) is 0 Å². The smallest absolute Gasteiger partial charge is 0.213 e. The molecule has 0 aliphatic rings. The maximum absolute atomic E-state index is 5.60. The molecule has 4 nitrogen and oxygen atoms in total. The maximum Gasteiger partial charge on any atom is 0.213 e. The van der Waals surface area contributed by atoms with Crippen LogP contribution < -0.4 is 10.1 Å². The zero-order chi connectivity index (χ0) is 14.3. The first kappa shape index (κ1) is 15.9. The van der Waals surface area contributed by atoms with E-state index in [1.165, 1.54) is 5.56 Å². The Kier molecular flexibility index (Phi) is 6.25. The second-order valence-electron chi connectivity index (χ2n) is 5.85. The minimum Gasteiger partial charge on any atom is -0.475 e. The highest BCUT2D eigenvalue weighted by molar-refractivity contribution is 5.20. The number of hydrogen-bond acceptors (Lipinski definition) is 4. The molecular formula is C15H26N2O2. The van der Waals surface area contributed by atoms with E-state index in [-0.39, 0.29) is 5.60 Å². The molecule has 1 aromatic rings. The van der Waals surface area contributed by atoms with E-state index in [1.54, 1.807) is 6.20 Å². The van der Waals surface area contributed by atoms with Gasteiger partial charge in [0.2, 0.25) is 5.88 Å². The average Bonchev–Trinajstić information content (AvgIpc) is 2.32. The highest BCUT2D eigenvalue weighted by Crippen LogP contribution is 2.10. The summed E-state index contributed by atoms with van der Waals surface area (Å²) in [5.74, 6) is 0.653. The molecule has 1 aromatic heterocycles. The first-order valence-electron chi connectivity index (χ1n) is 6.82. The predicted molar refractivity (Wildman–Crippen MR) is 77.4 cm³/mol. The quantitative estimate of drug-likeness (QED) is 0.771. The van der Waals surface area contributed by atoms with Gasteiger partial charge >= 0.3 is 0 Å². The summed E-state index contributed by atoms with van der Waals surface area (Å²) in [4.78, 5) is 4.19. The molecule has 0 spiro atoms. The summed E-state index contributed by atoms with van der Waals surface area (Å²) in [6.07, 6.45) is 1.78. The van der Waals surface area contributed by atoms with Crippen molar-refractivity contribution >= 4 is 0 Å². The lowest BCUT2D eigenvalue weighted by molar-refractivity contribution is -0.0168. The average molecular weight is 266 g/mol. The Bertz CT molecular complexity index is 373. The number of nitrogens with one attached hydrogen (secondary N) is 1. The van der Waals surface area contributed by atoms with Crippen molar-refractivity contribution in [2.24, 2.45) is 0 Å². The van der Waals surface area contributed by atoms with E-state index >= 15 is 0 Å². The first-order valence-corrected chi connectivity index (χ1v) is 6.82. The second-order valence-corrected chi connectivity index (χ2v) is 5.85. The van der Waals surface area contributed by atoms with Crippen molar-refractivity contribution in [2.75, 3.05) is 13.2 Å². The van der Waals surface area contributed by atoms with Crippen molar-refractivity contribution in [1.82, 2.24) is 10.3 Å². The van der Waals surface area contributed by atoms with E-state index in [1.807, 2.05) is 32.9 Å². The molecule has 19 heavy (non-hydrogen) atoms. The fourth-order valence-corrected chi connectivity index (χ4v) is 1.46. The molecule has 1 N–H and O–H groups in total. The molecule has 1 heterocycles. The Labute approximate surface area is 116 Å². The summed E-state index contributed by atoms with van der Waals surface area (Å²) < 4.78 is 11.2. The minimum absolute atomic E-state index is 0.125. The molecule has 108 valence electrons. The highest BCUT2D eigenvalue weighted by Gasteiger charge is 2.09. The Morgan fingerprint density at radius 3 is 2.63 bits per heavy atom. The van der Waals surface area contributed by atoms with Gasteiger partial charge in [-0.05, 0) is 32.4 Å². The van der Waals surface area contributed by atoms with Gasteiger partial charge in [0.15, 0.2) is 0 Å². The predicted octanol–water partition coefficient (Wildman–Crippen LogP) is 2.77. The van der Waals surface area contributed by atoms with Gasteiger partial charge in [-0.3, -0.25) is 0 Å². The molecule has 0 fully saturated rings. The lowest BCUT2D eigenvalue weighted by atomic mass is 10.2. The second kappa shape index (κ2) is 7.46. The van der Waals surface area contributed by atoms with Crippen LogP contribution in [0.4, 0.5) is 0 Å². The Morgan fingerprint density at radius 2 is 2.00 bits per heavy atom. The molecule has 0 aromatic carbocycles. The van der Waals surface area contributed by atoms with Crippen LogP contribution in [-0.2, 0) is 11.3 Å². The number of ether oxygens (including phenoxy) is 2. The Balaban J connectivity index is 2.35. The Morgan fingerprint density at radius 1 is 1.26 bits per heavy atom. The van der Waals surface area contributed by atoms with Crippen LogP contribution >= 0.6 is 0 Å². The van der Waals surface area contributed by atoms with Gasteiger partial charge in [0.25, 0.3) is 0 Å². The molecule has 0 saturated carbocycles. The van der Waals surface area contributed by atoms with Gasteiger partial charge < -0.3 is 14.8 Å². The summed E-state index contributed by atoms with van der Waals surface area (Å²) in [7, 11) is 0. The first-order chi connectivity index (χ1) is 8.87. The van der Waals surface area contributed by atoms with Gasteiger partial charge in [0.05, 0.1) is 12.2 Å². The van der Waals surface area contributed by atoms with Crippen molar-refractivity contribution in [1.29, 1.82) is 0 Å². The molecular weight excluding hydrogens is 240 g/mol.